The lowest BCUT2D eigenvalue weighted by molar-refractivity contribution is -0.137. The first-order chi connectivity index (χ1) is 30.9. The molecular weight excluding hydrogens is 879 g/mol. The van der Waals surface area contributed by atoms with Crippen LogP contribution in [0.1, 0.15) is 65.8 Å². The van der Waals surface area contributed by atoms with Crippen LogP contribution in [0.2, 0.25) is 0 Å². The van der Waals surface area contributed by atoms with E-state index >= 15 is 17.6 Å². The van der Waals surface area contributed by atoms with Gasteiger partial charge in [0, 0.05) is 44.0 Å². The third-order valence-electron chi connectivity index (χ3n) is 11.5. The molecule has 334 valence electrons. The number of carbonyl (C=O) groups is 6. The van der Waals surface area contributed by atoms with E-state index in [4.69, 9.17) is 26.4 Å². The van der Waals surface area contributed by atoms with Crippen LogP contribution < -0.4 is 29.3 Å². The molecule has 0 spiro atoms. The van der Waals surface area contributed by atoms with Gasteiger partial charge in [-0.15, -0.1) is 0 Å². The lowest BCUT2D eigenvalue weighted by atomic mass is 10.0. The minimum Gasteiger partial charge on any atom is -0.492 e. The molecule has 3 saturated heterocycles. The number of fused-ring (bicyclic) bond motifs is 1. The van der Waals surface area contributed by atoms with Gasteiger partial charge >= 0.3 is 0 Å². The number of nitrogens with zero attached hydrogens (tertiary/aromatic N) is 6. The van der Waals surface area contributed by atoms with E-state index in [9.17, 15) is 34.0 Å². The van der Waals surface area contributed by atoms with Crippen LogP contribution in [0, 0.1) is 34.6 Å². The van der Waals surface area contributed by atoms with Gasteiger partial charge in [0.25, 0.3) is 23.6 Å². The number of ether oxygens (including phenoxy) is 3. The Kier molecular flexibility index (Phi) is 11.5. The van der Waals surface area contributed by atoms with Crippen molar-refractivity contribution in [2.45, 2.75) is 57.2 Å². The molecule has 1 aromatic heterocycles. The number of nitriles is 1. The van der Waals surface area contributed by atoms with Gasteiger partial charge in [-0.25, -0.2) is 17.6 Å². The second-order valence-corrected chi connectivity index (χ2v) is 16.2. The smallest absolute Gasteiger partial charge is 0.262 e. The Morgan fingerprint density at radius 2 is 1.62 bits per heavy atom. The van der Waals surface area contributed by atoms with Gasteiger partial charge < -0.3 is 24.0 Å². The number of aromatic nitrogens is 1. The molecule has 5 heterocycles. The number of piperidine rings is 2. The van der Waals surface area contributed by atoms with Crippen molar-refractivity contribution >= 4 is 64.1 Å². The van der Waals surface area contributed by atoms with E-state index in [1.807, 2.05) is 0 Å². The fraction of sp³-hybridized carbons (Fsp3) is 0.295. The fourth-order valence-electron chi connectivity index (χ4n) is 8.18. The molecule has 1 N–H and O–H groups in total. The summed E-state index contributed by atoms with van der Waals surface area (Å²) < 4.78 is 78.7. The van der Waals surface area contributed by atoms with Crippen molar-refractivity contribution in [1.82, 2.24) is 20.1 Å². The van der Waals surface area contributed by atoms with Crippen molar-refractivity contribution in [2.75, 3.05) is 36.6 Å². The number of rotatable bonds is 10. The molecule has 4 aliphatic heterocycles. The van der Waals surface area contributed by atoms with E-state index in [0.717, 1.165) is 41.3 Å². The van der Waals surface area contributed by atoms with Gasteiger partial charge in [0.2, 0.25) is 11.8 Å². The van der Waals surface area contributed by atoms with Gasteiger partial charge in [0.05, 0.1) is 41.4 Å². The Balaban J connectivity index is 0.881. The van der Waals surface area contributed by atoms with Crippen LogP contribution in [0.25, 0.3) is 11.3 Å². The Morgan fingerprint density at radius 3 is 2.26 bits per heavy atom. The van der Waals surface area contributed by atoms with Crippen LogP contribution in [0.3, 0.4) is 0 Å². The minimum atomic E-state index is -1.49. The zero-order valence-corrected chi connectivity index (χ0v) is 35.4. The van der Waals surface area contributed by atoms with Gasteiger partial charge in [0.1, 0.15) is 35.2 Å². The number of pyridine rings is 1. The number of carbonyl (C=O) groups excluding carboxylic acids is 6. The predicted octanol–water partition coefficient (Wildman–Crippen LogP) is 4.95. The number of halogens is 4. The minimum absolute atomic E-state index is 0.00441. The molecule has 0 saturated carbocycles. The summed E-state index contributed by atoms with van der Waals surface area (Å²) in [6, 6.07) is 9.85. The summed E-state index contributed by atoms with van der Waals surface area (Å²) in [7, 11) is 1.16. The molecule has 3 fully saturated rings. The molecule has 0 aliphatic carbocycles. The maximum absolute atomic E-state index is 15.8. The maximum Gasteiger partial charge on any atom is 0.262 e. The largest absolute Gasteiger partial charge is 0.492 e. The van der Waals surface area contributed by atoms with Crippen molar-refractivity contribution in [3.05, 3.63) is 94.7 Å². The quantitative estimate of drug-likeness (QED) is 0.128. The number of thiocarbonyl (C=S) groups is 1. The standard InChI is InChI=1S/C44H35F4N7O9S/c1-44(2)42(61)54(31-7-4-21(18-49)37(62-3)35(31)48)43(65)55(44)23-16-28(45)36(50-19-23)22-14-29(46)38(30(47)15-22)64-24-10-12-52(13-11-24)34(57)20-63-25-5-6-26-27(17-25)41(60)53(40(26)59)32-8-9-33(56)51-39(32)58/h4-7,14-17,19,24,32H,8-13,20H2,1-3H3,(H,51,56,58). The maximum atomic E-state index is 15.8. The highest BCUT2D eigenvalue weighted by Gasteiger charge is 2.51. The van der Waals surface area contributed by atoms with E-state index in [1.165, 1.54) is 54.0 Å². The van der Waals surface area contributed by atoms with E-state index in [0.29, 0.717) is 0 Å². The number of nitrogens with one attached hydrogen (secondary N) is 1. The summed E-state index contributed by atoms with van der Waals surface area (Å²) in [5.41, 5.74) is -2.60. The van der Waals surface area contributed by atoms with Crippen LogP contribution in [0.15, 0.2) is 54.7 Å². The molecule has 65 heavy (non-hydrogen) atoms. The third-order valence-corrected chi connectivity index (χ3v) is 11.9. The highest BCUT2D eigenvalue weighted by molar-refractivity contribution is 7.81. The molecule has 0 bridgehead atoms. The average molecular weight is 914 g/mol. The highest BCUT2D eigenvalue weighted by Crippen LogP contribution is 2.41. The SMILES string of the molecule is COc1c(C#N)ccc(N2C(=O)C(C)(C)N(c3cnc(-c4cc(F)c(OC5CCN(C(=O)COc6ccc7c(c6)C(=O)N(C6CCC(=O)NC6=O)C7=O)CC5)c(F)c4)c(F)c3)C2=S)c1F. The average Bonchev–Trinajstić information content (AvgIpc) is 3.62. The number of benzene rings is 3. The lowest BCUT2D eigenvalue weighted by Gasteiger charge is -2.32. The Bertz CT molecular complexity index is 2790. The summed E-state index contributed by atoms with van der Waals surface area (Å²) in [6.45, 7) is 2.80. The predicted molar refractivity (Wildman–Crippen MR) is 223 cm³/mol. The molecular formula is C44H35F4N7O9S. The van der Waals surface area contributed by atoms with Crippen molar-refractivity contribution in [2.24, 2.45) is 0 Å². The van der Waals surface area contributed by atoms with Gasteiger partial charge in [-0.05, 0) is 75.0 Å². The van der Waals surface area contributed by atoms with Gasteiger partial charge in [-0.1, -0.05) is 0 Å². The fourth-order valence-corrected chi connectivity index (χ4v) is 8.70. The van der Waals surface area contributed by atoms with Gasteiger partial charge in [-0.2, -0.15) is 5.26 Å². The number of anilines is 2. The summed E-state index contributed by atoms with van der Waals surface area (Å²) in [6.07, 6.45) is 0.789. The van der Waals surface area contributed by atoms with E-state index in [2.05, 4.69) is 10.3 Å². The molecule has 0 radical (unpaired) electrons. The molecule has 4 aliphatic rings. The van der Waals surface area contributed by atoms with Crippen LogP contribution in [0.4, 0.5) is 28.9 Å². The zero-order valence-electron chi connectivity index (χ0n) is 34.6. The summed E-state index contributed by atoms with van der Waals surface area (Å²) in [4.78, 5) is 85.2. The van der Waals surface area contributed by atoms with Gasteiger partial charge in [-0.3, -0.25) is 48.9 Å². The third kappa shape index (κ3) is 7.72. The van der Waals surface area contributed by atoms with Crippen LogP contribution in [0.5, 0.6) is 17.2 Å². The number of imide groups is 2. The zero-order chi connectivity index (χ0) is 46.6. The Hall–Kier alpha value is -7.47. The number of hydrogen-bond acceptors (Lipinski definition) is 12. The van der Waals surface area contributed by atoms with Crippen LogP contribution in [-0.2, 0) is 19.2 Å². The normalized spacial score (nSPS) is 18.5. The first kappa shape index (κ1) is 44.1. The van der Waals surface area contributed by atoms with Crippen LogP contribution in [-0.4, -0.2) is 99.8 Å². The summed E-state index contributed by atoms with van der Waals surface area (Å²) in [5.74, 6) is -9.10. The van der Waals surface area contributed by atoms with Crippen LogP contribution >= 0.6 is 12.2 Å². The van der Waals surface area contributed by atoms with E-state index in [-0.39, 0.29) is 83.3 Å². The van der Waals surface area contributed by atoms with Crippen molar-refractivity contribution < 1.29 is 60.5 Å². The summed E-state index contributed by atoms with van der Waals surface area (Å²) >= 11 is 5.57. The van der Waals surface area contributed by atoms with Crippen molar-refractivity contribution in [3.8, 4) is 34.6 Å². The summed E-state index contributed by atoms with van der Waals surface area (Å²) in [5, 5.41) is 11.2. The number of amides is 6. The lowest BCUT2D eigenvalue weighted by Crippen LogP contribution is -2.54. The molecule has 6 amide bonds. The molecule has 21 heteroatoms. The molecule has 16 nitrogen and oxygen atoms in total. The number of hydrogen-bond donors (Lipinski definition) is 1. The van der Waals surface area contributed by atoms with E-state index in [1.54, 1.807) is 6.07 Å². The monoisotopic (exact) mass is 913 g/mol. The molecule has 3 aromatic carbocycles. The van der Waals surface area contributed by atoms with Gasteiger partial charge in [0.15, 0.2) is 46.5 Å². The number of methoxy groups -OCH3 is 1. The number of likely N-dealkylation sites (tertiary alicyclic amines) is 1. The first-order valence-electron chi connectivity index (χ1n) is 20.0. The van der Waals surface area contributed by atoms with E-state index < -0.39 is 100 Å². The van der Waals surface area contributed by atoms with Crippen molar-refractivity contribution in [1.29, 1.82) is 5.26 Å². The second kappa shape index (κ2) is 16.9. The second-order valence-electron chi connectivity index (χ2n) is 15.8. The molecule has 1 atom stereocenters. The Labute approximate surface area is 372 Å². The molecule has 4 aromatic rings. The van der Waals surface area contributed by atoms with Crippen molar-refractivity contribution in [3.63, 3.8) is 0 Å². The topological polar surface area (TPSA) is 192 Å². The molecule has 8 rings (SSSR count). The molecule has 1 unspecified atom stereocenters. The first-order valence-corrected chi connectivity index (χ1v) is 20.4. The highest BCUT2D eigenvalue weighted by atomic mass is 32.1. The Morgan fingerprint density at radius 1 is 0.923 bits per heavy atom.